The lowest BCUT2D eigenvalue weighted by Crippen LogP contribution is -2.46. The quantitative estimate of drug-likeness (QED) is 0.761. The first kappa shape index (κ1) is 18.1. The number of carbonyl (C=O) groups is 2. The van der Waals surface area contributed by atoms with Gasteiger partial charge in [0.05, 0.1) is 29.8 Å². The highest BCUT2D eigenvalue weighted by atomic mass is 79.9. The van der Waals surface area contributed by atoms with E-state index < -0.39 is 12.0 Å². The summed E-state index contributed by atoms with van der Waals surface area (Å²) in [6.45, 7) is 3.63. The highest BCUT2D eigenvalue weighted by Gasteiger charge is 2.35. The summed E-state index contributed by atoms with van der Waals surface area (Å²) in [7, 11) is 3.00. The van der Waals surface area contributed by atoms with Gasteiger partial charge in [0.25, 0.3) is 0 Å². The first-order valence-corrected chi connectivity index (χ1v) is 8.09. The largest absolute Gasteiger partial charge is 0.503 e. The maximum absolute atomic E-state index is 12.4. The van der Waals surface area contributed by atoms with Crippen LogP contribution in [0.15, 0.2) is 27.9 Å². The van der Waals surface area contributed by atoms with E-state index >= 15 is 0 Å². The molecule has 0 fully saturated rings. The minimum Gasteiger partial charge on any atom is -0.503 e. The number of rotatable bonds is 4. The van der Waals surface area contributed by atoms with Gasteiger partial charge in [0.15, 0.2) is 11.5 Å². The highest BCUT2D eigenvalue weighted by molar-refractivity contribution is 9.10. The van der Waals surface area contributed by atoms with E-state index in [0.717, 1.165) is 0 Å². The Hall–Kier alpha value is -2.22. The number of phenols is 1. The molecule has 1 unspecified atom stereocenters. The van der Waals surface area contributed by atoms with Crippen molar-refractivity contribution in [3.63, 3.8) is 0 Å². The molecule has 0 radical (unpaired) electrons. The molecule has 2 rings (SSSR count). The number of ether oxygens (including phenoxy) is 2. The molecule has 1 heterocycles. The summed E-state index contributed by atoms with van der Waals surface area (Å²) in [6.07, 6.45) is 0. The monoisotopic (exact) mass is 398 g/mol. The van der Waals surface area contributed by atoms with Crippen LogP contribution in [0.4, 0.5) is 4.79 Å². The molecular weight excluding hydrogens is 380 g/mol. The second kappa shape index (κ2) is 7.12. The summed E-state index contributed by atoms with van der Waals surface area (Å²) in [5.41, 5.74) is 1.42. The lowest BCUT2D eigenvalue weighted by Gasteiger charge is -2.33. The standard InChI is InChI=1S/C16H19BrN2O5/c1-5-24-15(21)12-8(2)19(3)16(22)18-13(12)9-6-10(17)14(20)11(7-9)23-4/h6-7,13,20H,5H2,1-4H3,(H,18,22). The normalized spacial score (nSPS) is 17.6. The summed E-state index contributed by atoms with van der Waals surface area (Å²) >= 11 is 3.25. The molecule has 1 aliphatic rings. The molecule has 1 aromatic carbocycles. The van der Waals surface area contributed by atoms with Crippen LogP contribution in [0.2, 0.25) is 0 Å². The molecule has 8 heteroatoms. The van der Waals surface area contributed by atoms with Crippen molar-refractivity contribution in [3.05, 3.63) is 33.4 Å². The van der Waals surface area contributed by atoms with Crippen LogP contribution in [0.1, 0.15) is 25.5 Å². The Morgan fingerprint density at radius 1 is 1.46 bits per heavy atom. The number of allylic oxidation sites excluding steroid dienone is 1. The Labute approximate surface area is 148 Å². The average molecular weight is 399 g/mol. The number of nitrogens with one attached hydrogen (secondary N) is 1. The van der Waals surface area contributed by atoms with Crippen LogP contribution in [-0.2, 0) is 9.53 Å². The summed E-state index contributed by atoms with van der Waals surface area (Å²) in [5.74, 6) is -0.331. The van der Waals surface area contributed by atoms with Crippen LogP contribution in [0, 0.1) is 0 Å². The maximum atomic E-state index is 12.4. The Balaban J connectivity index is 2.60. The van der Waals surface area contributed by atoms with Crippen LogP contribution in [0.5, 0.6) is 11.5 Å². The number of phenolic OH excluding ortho intramolecular Hbond substituents is 1. The minimum absolute atomic E-state index is 0.0566. The van der Waals surface area contributed by atoms with Crippen molar-refractivity contribution >= 4 is 27.9 Å². The number of benzene rings is 1. The molecule has 7 nitrogen and oxygen atoms in total. The van der Waals surface area contributed by atoms with Gasteiger partial charge in [-0.3, -0.25) is 0 Å². The van der Waals surface area contributed by atoms with Gasteiger partial charge in [-0.05, 0) is 47.5 Å². The van der Waals surface area contributed by atoms with Crippen molar-refractivity contribution in [2.24, 2.45) is 0 Å². The zero-order valence-electron chi connectivity index (χ0n) is 13.8. The van der Waals surface area contributed by atoms with Crippen molar-refractivity contribution < 1.29 is 24.2 Å². The minimum atomic E-state index is -0.710. The third-order valence-electron chi connectivity index (χ3n) is 3.85. The number of esters is 1. The van der Waals surface area contributed by atoms with Crippen LogP contribution in [0.3, 0.4) is 0 Å². The third-order valence-corrected chi connectivity index (χ3v) is 4.46. The van der Waals surface area contributed by atoms with E-state index in [4.69, 9.17) is 9.47 Å². The predicted octanol–water partition coefficient (Wildman–Crippen LogP) is 2.70. The maximum Gasteiger partial charge on any atom is 0.338 e. The fourth-order valence-electron chi connectivity index (χ4n) is 2.47. The van der Waals surface area contributed by atoms with Gasteiger partial charge in [-0.25, -0.2) is 9.59 Å². The Morgan fingerprint density at radius 2 is 2.12 bits per heavy atom. The zero-order valence-corrected chi connectivity index (χ0v) is 15.4. The summed E-state index contributed by atoms with van der Waals surface area (Å²) in [6, 6.07) is 2.15. The molecule has 0 saturated carbocycles. The number of hydrogen-bond donors (Lipinski definition) is 2. The first-order valence-electron chi connectivity index (χ1n) is 7.30. The molecule has 1 aromatic rings. The summed E-state index contributed by atoms with van der Waals surface area (Å²) in [5, 5.41) is 12.7. The number of hydrogen-bond acceptors (Lipinski definition) is 5. The van der Waals surface area contributed by atoms with Crippen LogP contribution in [-0.4, -0.2) is 42.8 Å². The lowest BCUT2D eigenvalue weighted by molar-refractivity contribution is -0.139. The molecule has 0 aromatic heterocycles. The third kappa shape index (κ3) is 3.19. The van der Waals surface area contributed by atoms with Crippen molar-refractivity contribution in [1.29, 1.82) is 0 Å². The SMILES string of the molecule is CCOC(=O)C1=C(C)N(C)C(=O)NC1c1cc(Br)c(O)c(OC)c1. The number of carbonyl (C=O) groups excluding carboxylic acids is 2. The van der Waals surface area contributed by atoms with Crippen molar-refractivity contribution in [2.75, 3.05) is 20.8 Å². The van der Waals surface area contributed by atoms with E-state index in [9.17, 15) is 14.7 Å². The summed E-state index contributed by atoms with van der Waals surface area (Å²) < 4.78 is 10.7. The molecule has 0 saturated heterocycles. The fourth-order valence-corrected chi connectivity index (χ4v) is 2.93. The number of urea groups is 1. The lowest BCUT2D eigenvalue weighted by atomic mass is 9.94. The van der Waals surface area contributed by atoms with Gasteiger partial charge in [-0.1, -0.05) is 0 Å². The molecule has 24 heavy (non-hydrogen) atoms. The predicted molar refractivity (Wildman–Crippen MR) is 90.7 cm³/mol. The van der Waals surface area contributed by atoms with Crippen molar-refractivity contribution in [3.8, 4) is 11.5 Å². The van der Waals surface area contributed by atoms with E-state index in [0.29, 0.717) is 21.3 Å². The molecule has 130 valence electrons. The molecule has 2 N–H and O–H groups in total. The van der Waals surface area contributed by atoms with Crippen LogP contribution >= 0.6 is 15.9 Å². The van der Waals surface area contributed by atoms with Gasteiger partial charge < -0.3 is 24.8 Å². The number of methoxy groups -OCH3 is 1. The fraction of sp³-hybridized carbons (Fsp3) is 0.375. The van der Waals surface area contributed by atoms with Crippen LogP contribution in [0.25, 0.3) is 0 Å². The molecule has 0 spiro atoms. The van der Waals surface area contributed by atoms with E-state index in [1.54, 1.807) is 33.0 Å². The Kier molecular flexibility index (Phi) is 5.38. The van der Waals surface area contributed by atoms with E-state index in [-0.39, 0.29) is 24.1 Å². The topological polar surface area (TPSA) is 88.1 Å². The van der Waals surface area contributed by atoms with Crippen molar-refractivity contribution in [2.45, 2.75) is 19.9 Å². The van der Waals surface area contributed by atoms with E-state index in [2.05, 4.69) is 21.2 Å². The highest BCUT2D eigenvalue weighted by Crippen LogP contribution is 2.40. The molecule has 1 atom stereocenters. The smallest absolute Gasteiger partial charge is 0.338 e. The van der Waals surface area contributed by atoms with Gasteiger partial charge in [-0.2, -0.15) is 0 Å². The first-order chi connectivity index (χ1) is 11.3. The Bertz CT molecular complexity index is 717. The second-order valence-electron chi connectivity index (χ2n) is 5.21. The number of nitrogens with zero attached hydrogens (tertiary/aromatic N) is 1. The van der Waals surface area contributed by atoms with Gasteiger partial charge in [0, 0.05) is 12.7 Å². The van der Waals surface area contributed by atoms with Gasteiger partial charge in [-0.15, -0.1) is 0 Å². The molecule has 0 aliphatic carbocycles. The number of halogens is 1. The summed E-state index contributed by atoms with van der Waals surface area (Å²) in [4.78, 5) is 25.9. The molecule has 2 amide bonds. The Morgan fingerprint density at radius 3 is 2.71 bits per heavy atom. The zero-order chi connectivity index (χ0) is 18.0. The van der Waals surface area contributed by atoms with Crippen LogP contribution < -0.4 is 10.1 Å². The molecular formula is C16H19BrN2O5. The van der Waals surface area contributed by atoms with Gasteiger partial charge in [0.2, 0.25) is 0 Å². The number of amides is 2. The van der Waals surface area contributed by atoms with E-state index in [1.807, 2.05) is 0 Å². The van der Waals surface area contributed by atoms with Gasteiger partial charge >= 0.3 is 12.0 Å². The number of aromatic hydroxyl groups is 1. The van der Waals surface area contributed by atoms with E-state index in [1.165, 1.54) is 12.0 Å². The molecule has 0 bridgehead atoms. The molecule has 1 aliphatic heterocycles. The van der Waals surface area contributed by atoms with Gasteiger partial charge in [0.1, 0.15) is 0 Å². The van der Waals surface area contributed by atoms with Crippen molar-refractivity contribution in [1.82, 2.24) is 10.2 Å². The second-order valence-corrected chi connectivity index (χ2v) is 6.07. The average Bonchev–Trinajstić information content (AvgIpc) is 2.54.